The number of fused-ring (bicyclic) bond motifs is 3. The number of nitriles is 1. The van der Waals surface area contributed by atoms with Crippen LogP contribution in [0.3, 0.4) is 0 Å². The number of benzene rings is 2. The van der Waals surface area contributed by atoms with Crippen LogP contribution in [0.1, 0.15) is 5.56 Å². The largest absolute Gasteiger partial charge is 0.450 e. The molecule has 0 saturated carbocycles. The van der Waals surface area contributed by atoms with Gasteiger partial charge in [0.05, 0.1) is 0 Å². The maximum absolute atomic E-state index is 14.0. The third-order valence-corrected chi connectivity index (χ3v) is 3.80. The first-order valence-corrected chi connectivity index (χ1v) is 7.38. The molecule has 0 spiro atoms. The van der Waals surface area contributed by atoms with Crippen LogP contribution in [-0.4, -0.2) is 4.98 Å². The van der Waals surface area contributed by atoms with E-state index in [2.05, 4.69) is 4.98 Å². The minimum atomic E-state index is -0.632. The van der Waals surface area contributed by atoms with Gasteiger partial charge in [-0.05, 0) is 30.3 Å². The van der Waals surface area contributed by atoms with E-state index in [1.165, 1.54) is 18.3 Å². The van der Waals surface area contributed by atoms with E-state index >= 15 is 0 Å². The van der Waals surface area contributed by atoms with E-state index in [4.69, 9.17) is 20.8 Å². The van der Waals surface area contributed by atoms with Crippen molar-refractivity contribution in [2.24, 2.45) is 0 Å². The number of nitrogens with zero attached hydrogens (tertiary/aromatic N) is 2. The summed E-state index contributed by atoms with van der Waals surface area (Å²) in [4.78, 5) is 4.27. The molecular formula is C18H8ClFN2O2. The minimum absolute atomic E-state index is 0.0520. The van der Waals surface area contributed by atoms with Crippen molar-refractivity contribution in [2.75, 3.05) is 0 Å². The second kappa shape index (κ2) is 5.52. The van der Waals surface area contributed by atoms with Crippen LogP contribution in [0, 0.1) is 17.1 Å². The molecule has 0 aliphatic carbocycles. The van der Waals surface area contributed by atoms with Crippen LogP contribution in [0.5, 0.6) is 11.5 Å². The Kier molecular flexibility index (Phi) is 3.33. The SMILES string of the molecule is N#Cc1cnc2c(oc3ccccc32)c1Oc1ccc(Cl)cc1F. The van der Waals surface area contributed by atoms with Crippen molar-refractivity contribution in [3.05, 3.63) is 65.1 Å². The van der Waals surface area contributed by atoms with Crippen LogP contribution in [-0.2, 0) is 0 Å². The maximum Gasteiger partial charge on any atom is 0.197 e. The van der Waals surface area contributed by atoms with Crippen molar-refractivity contribution in [3.63, 3.8) is 0 Å². The van der Waals surface area contributed by atoms with E-state index < -0.39 is 5.82 Å². The lowest BCUT2D eigenvalue weighted by Crippen LogP contribution is -1.93. The van der Waals surface area contributed by atoms with E-state index in [0.717, 1.165) is 11.5 Å². The molecule has 0 saturated heterocycles. The number of hydrogen-bond donors (Lipinski definition) is 0. The second-order valence-corrected chi connectivity index (χ2v) is 5.50. The Hall–Kier alpha value is -3.10. The van der Waals surface area contributed by atoms with Crippen LogP contribution in [0.4, 0.5) is 4.39 Å². The Morgan fingerprint density at radius 2 is 2.04 bits per heavy atom. The van der Waals surface area contributed by atoms with Crippen LogP contribution >= 0.6 is 11.6 Å². The summed E-state index contributed by atoms with van der Waals surface area (Å²) in [6.07, 6.45) is 1.38. The van der Waals surface area contributed by atoms with E-state index in [1.54, 1.807) is 6.07 Å². The molecule has 0 N–H and O–H groups in total. The summed E-state index contributed by atoms with van der Waals surface area (Å²) < 4.78 is 25.5. The first-order chi connectivity index (χ1) is 11.7. The number of aromatic nitrogens is 1. The highest BCUT2D eigenvalue weighted by Gasteiger charge is 2.19. The quantitative estimate of drug-likeness (QED) is 0.488. The van der Waals surface area contributed by atoms with Gasteiger partial charge in [-0.3, -0.25) is 4.98 Å². The van der Waals surface area contributed by atoms with Gasteiger partial charge in [0.25, 0.3) is 0 Å². The Balaban J connectivity index is 1.97. The molecule has 0 fully saturated rings. The average molecular weight is 339 g/mol. The van der Waals surface area contributed by atoms with Gasteiger partial charge in [0, 0.05) is 16.6 Å². The van der Waals surface area contributed by atoms with E-state index in [-0.39, 0.29) is 22.1 Å². The van der Waals surface area contributed by atoms with Crippen molar-refractivity contribution in [1.29, 1.82) is 5.26 Å². The number of para-hydroxylation sites is 1. The molecule has 0 aliphatic rings. The molecule has 0 atom stereocenters. The van der Waals surface area contributed by atoms with Gasteiger partial charge in [0.1, 0.15) is 22.7 Å². The molecule has 0 bridgehead atoms. The Morgan fingerprint density at radius 1 is 1.21 bits per heavy atom. The number of ether oxygens (including phenoxy) is 1. The molecule has 0 radical (unpaired) electrons. The van der Waals surface area contributed by atoms with Crippen LogP contribution in [0.15, 0.2) is 53.1 Å². The van der Waals surface area contributed by atoms with E-state index in [9.17, 15) is 9.65 Å². The van der Waals surface area contributed by atoms with Crippen molar-refractivity contribution in [2.45, 2.75) is 0 Å². The van der Waals surface area contributed by atoms with Gasteiger partial charge in [-0.1, -0.05) is 23.7 Å². The van der Waals surface area contributed by atoms with Gasteiger partial charge < -0.3 is 9.15 Å². The van der Waals surface area contributed by atoms with Crippen LogP contribution in [0.2, 0.25) is 5.02 Å². The molecular weight excluding hydrogens is 331 g/mol. The predicted octanol–water partition coefficient (Wildman–Crippen LogP) is 5.44. The molecule has 116 valence electrons. The Labute approximate surface area is 140 Å². The highest BCUT2D eigenvalue weighted by molar-refractivity contribution is 6.30. The van der Waals surface area contributed by atoms with Gasteiger partial charge in [-0.15, -0.1) is 0 Å². The fourth-order valence-electron chi connectivity index (χ4n) is 2.47. The zero-order valence-electron chi connectivity index (χ0n) is 12.1. The van der Waals surface area contributed by atoms with Gasteiger partial charge in [-0.25, -0.2) is 4.39 Å². The lowest BCUT2D eigenvalue weighted by atomic mass is 10.2. The predicted molar refractivity (Wildman–Crippen MR) is 87.7 cm³/mol. The highest BCUT2D eigenvalue weighted by atomic mass is 35.5. The summed E-state index contributed by atoms with van der Waals surface area (Å²) in [5.74, 6) is -0.559. The molecule has 4 nitrogen and oxygen atoms in total. The van der Waals surface area contributed by atoms with Gasteiger partial charge in [-0.2, -0.15) is 5.26 Å². The van der Waals surface area contributed by atoms with Gasteiger partial charge in [0.15, 0.2) is 22.9 Å². The summed E-state index contributed by atoms with van der Waals surface area (Å²) in [6, 6.07) is 13.4. The number of furan rings is 1. The molecule has 0 amide bonds. The van der Waals surface area contributed by atoms with Gasteiger partial charge in [0.2, 0.25) is 0 Å². The van der Waals surface area contributed by atoms with E-state index in [1.807, 2.05) is 24.3 Å². The zero-order chi connectivity index (χ0) is 16.7. The number of pyridine rings is 1. The highest BCUT2D eigenvalue weighted by Crippen LogP contribution is 2.38. The number of hydrogen-bond acceptors (Lipinski definition) is 4. The maximum atomic E-state index is 14.0. The Morgan fingerprint density at radius 3 is 2.83 bits per heavy atom. The molecule has 6 heteroatoms. The summed E-state index contributed by atoms with van der Waals surface area (Å²) >= 11 is 5.75. The summed E-state index contributed by atoms with van der Waals surface area (Å²) in [5.41, 5.74) is 1.60. The van der Waals surface area contributed by atoms with Crippen LogP contribution in [0.25, 0.3) is 22.1 Å². The van der Waals surface area contributed by atoms with Crippen molar-refractivity contribution < 1.29 is 13.5 Å². The molecule has 4 aromatic rings. The van der Waals surface area contributed by atoms with Crippen molar-refractivity contribution in [3.8, 4) is 17.6 Å². The monoisotopic (exact) mass is 338 g/mol. The number of halogens is 2. The zero-order valence-corrected chi connectivity index (χ0v) is 12.8. The molecule has 2 aromatic heterocycles. The van der Waals surface area contributed by atoms with E-state index in [0.29, 0.717) is 16.7 Å². The normalized spacial score (nSPS) is 10.9. The fraction of sp³-hybridized carbons (Fsp3) is 0. The molecule has 24 heavy (non-hydrogen) atoms. The van der Waals surface area contributed by atoms with Gasteiger partial charge >= 0.3 is 0 Å². The third kappa shape index (κ3) is 2.25. The molecule has 2 heterocycles. The second-order valence-electron chi connectivity index (χ2n) is 5.07. The fourth-order valence-corrected chi connectivity index (χ4v) is 2.63. The topological polar surface area (TPSA) is 59.0 Å². The summed E-state index contributed by atoms with van der Waals surface area (Å²) in [5, 5.41) is 10.4. The molecule has 0 unspecified atom stereocenters. The number of rotatable bonds is 2. The third-order valence-electron chi connectivity index (χ3n) is 3.57. The molecule has 2 aromatic carbocycles. The minimum Gasteiger partial charge on any atom is -0.450 e. The smallest absolute Gasteiger partial charge is 0.197 e. The lowest BCUT2D eigenvalue weighted by molar-refractivity contribution is 0.437. The summed E-state index contributed by atoms with van der Waals surface area (Å²) in [7, 11) is 0. The first kappa shape index (κ1) is 14.5. The van der Waals surface area contributed by atoms with Crippen molar-refractivity contribution >= 4 is 33.7 Å². The van der Waals surface area contributed by atoms with Crippen LogP contribution < -0.4 is 4.74 Å². The Bertz CT molecular complexity index is 1130. The standard InChI is InChI=1S/C18H8ClFN2O2/c19-11-5-6-15(13(20)7-11)24-17-10(8-21)9-22-16-12-3-1-2-4-14(12)23-18(16)17/h1-7,9H. The first-order valence-electron chi connectivity index (χ1n) is 7.00. The summed E-state index contributed by atoms with van der Waals surface area (Å²) in [6.45, 7) is 0. The lowest BCUT2D eigenvalue weighted by Gasteiger charge is -2.08. The van der Waals surface area contributed by atoms with Crippen molar-refractivity contribution in [1.82, 2.24) is 4.98 Å². The molecule has 4 rings (SSSR count). The molecule has 0 aliphatic heterocycles. The average Bonchev–Trinajstić information content (AvgIpc) is 2.96.